The summed E-state index contributed by atoms with van der Waals surface area (Å²) < 4.78 is 6.53. The number of nitrogens with zero attached hydrogens (tertiary/aromatic N) is 5. The molecule has 0 aliphatic heterocycles. The lowest BCUT2D eigenvalue weighted by molar-refractivity contribution is 0.00708. The van der Waals surface area contributed by atoms with Gasteiger partial charge in [-0.1, -0.05) is 30.3 Å². The second kappa shape index (κ2) is 7.98. The third-order valence-corrected chi connectivity index (χ3v) is 3.76. The van der Waals surface area contributed by atoms with Gasteiger partial charge in [0.2, 0.25) is 0 Å². The van der Waals surface area contributed by atoms with Crippen LogP contribution in [0.4, 0.5) is 11.6 Å². The fraction of sp³-hybridized carbons (Fsp3) is 0.250. The first-order valence-electron chi connectivity index (χ1n) is 8.91. The van der Waals surface area contributed by atoms with E-state index in [1.165, 1.54) is 16.9 Å². The molecule has 3 N–H and O–H groups in total. The van der Waals surface area contributed by atoms with Crippen LogP contribution in [0.25, 0.3) is 5.95 Å². The fourth-order valence-corrected chi connectivity index (χ4v) is 2.47. The number of hydrogen-bond acceptors (Lipinski definition) is 8. The van der Waals surface area contributed by atoms with Gasteiger partial charge in [0.05, 0.1) is 6.20 Å². The molecule has 0 saturated carbocycles. The molecule has 0 amide bonds. The van der Waals surface area contributed by atoms with Crippen LogP contribution in [0, 0.1) is 11.3 Å². The lowest BCUT2D eigenvalue weighted by atomic mass is 10.2. The number of carbonyl (C=O) groups excluding carboxylic acids is 1. The first kappa shape index (κ1) is 19.8. The maximum Gasteiger partial charge on any atom is 0.344 e. The SMILES string of the molecule is CC(C)(C)OC(=O)c1cnn(-c2nc(C#N)cc(NCc3ccccc3)n2)c1N. The van der Waals surface area contributed by atoms with Crippen LogP contribution in [0.2, 0.25) is 0 Å². The quantitative estimate of drug-likeness (QED) is 0.635. The number of nitrogen functional groups attached to an aromatic ring is 1. The molecule has 3 aromatic rings. The number of aromatic nitrogens is 4. The van der Waals surface area contributed by atoms with E-state index in [0.29, 0.717) is 12.4 Å². The van der Waals surface area contributed by atoms with E-state index in [0.717, 1.165) is 5.56 Å². The van der Waals surface area contributed by atoms with Gasteiger partial charge in [-0.3, -0.25) is 0 Å². The summed E-state index contributed by atoms with van der Waals surface area (Å²) in [5.41, 5.74) is 6.70. The van der Waals surface area contributed by atoms with Crippen LogP contribution in [0.3, 0.4) is 0 Å². The summed E-state index contributed by atoms with van der Waals surface area (Å²) in [6.45, 7) is 5.79. The molecule has 0 radical (unpaired) electrons. The van der Waals surface area contributed by atoms with Gasteiger partial charge in [-0.25, -0.2) is 4.79 Å². The highest BCUT2D eigenvalue weighted by molar-refractivity contribution is 5.94. The summed E-state index contributed by atoms with van der Waals surface area (Å²) in [6.07, 6.45) is 1.29. The zero-order valence-electron chi connectivity index (χ0n) is 16.4. The van der Waals surface area contributed by atoms with Crippen molar-refractivity contribution in [1.82, 2.24) is 19.7 Å². The van der Waals surface area contributed by atoms with Crippen LogP contribution >= 0.6 is 0 Å². The van der Waals surface area contributed by atoms with Gasteiger partial charge in [-0.2, -0.15) is 25.0 Å². The third-order valence-electron chi connectivity index (χ3n) is 3.76. The molecule has 29 heavy (non-hydrogen) atoms. The number of ether oxygens (including phenoxy) is 1. The molecule has 2 aromatic heterocycles. The Morgan fingerprint density at radius 3 is 2.66 bits per heavy atom. The Balaban J connectivity index is 1.89. The van der Waals surface area contributed by atoms with Gasteiger partial charge < -0.3 is 15.8 Å². The highest BCUT2D eigenvalue weighted by Gasteiger charge is 2.23. The van der Waals surface area contributed by atoms with Gasteiger partial charge in [0, 0.05) is 12.6 Å². The van der Waals surface area contributed by atoms with Gasteiger partial charge in [0.15, 0.2) is 0 Å². The summed E-state index contributed by atoms with van der Waals surface area (Å²) in [6, 6.07) is 13.3. The molecule has 9 heteroatoms. The van der Waals surface area contributed by atoms with Crippen LogP contribution in [0.1, 0.15) is 42.4 Å². The van der Waals surface area contributed by atoms with Crippen LogP contribution in [-0.2, 0) is 11.3 Å². The molecule has 0 fully saturated rings. The number of esters is 1. The van der Waals surface area contributed by atoms with E-state index in [2.05, 4.69) is 20.4 Å². The van der Waals surface area contributed by atoms with Gasteiger partial charge in [0.1, 0.15) is 34.6 Å². The first-order valence-corrected chi connectivity index (χ1v) is 8.91. The number of hydrogen-bond donors (Lipinski definition) is 2. The minimum atomic E-state index is -0.669. The molecule has 0 bridgehead atoms. The number of carbonyl (C=O) groups is 1. The highest BCUT2D eigenvalue weighted by Crippen LogP contribution is 2.20. The van der Waals surface area contributed by atoms with E-state index in [-0.39, 0.29) is 23.0 Å². The summed E-state index contributed by atoms with van der Waals surface area (Å²) in [5, 5.41) is 16.6. The van der Waals surface area contributed by atoms with E-state index in [1.54, 1.807) is 20.8 Å². The Hall–Kier alpha value is -3.93. The van der Waals surface area contributed by atoms with Crippen molar-refractivity contribution in [1.29, 1.82) is 5.26 Å². The van der Waals surface area contributed by atoms with Crippen LogP contribution in [0.5, 0.6) is 0 Å². The standard InChI is InChI=1S/C20H21N7O2/c1-20(2,3)29-18(28)15-12-24-27(17(15)22)19-25-14(10-21)9-16(26-19)23-11-13-7-5-4-6-8-13/h4-9,12H,11,22H2,1-3H3,(H,23,25,26). The topological polar surface area (TPSA) is 132 Å². The molecule has 3 rings (SSSR count). The summed E-state index contributed by atoms with van der Waals surface area (Å²) in [7, 11) is 0. The lowest BCUT2D eigenvalue weighted by Crippen LogP contribution is -2.24. The number of anilines is 2. The van der Waals surface area contributed by atoms with E-state index in [4.69, 9.17) is 10.5 Å². The molecule has 9 nitrogen and oxygen atoms in total. The van der Waals surface area contributed by atoms with Crippen molar-refractivity contribution < 1.29 is 9.53 Å². The Labute approximate surface area is 168 Å². The third kappa shape index (κ3) is 4.87. The molecule has 0 aliphatic rings. The number of nitrogens with one attached hydrogen (secondary N) is 1. The van der Waals surface area contributed by atoms with E-state index in [1.807, 2.05) is 36.4 Å². The number of benzene rings is 1. The van der Waals surface area contributed by atoms with Crippen molar-refractivity contribution in [3.63, 3.8) is 0 Å². The monoisotopic (exact) mass is 391 g/mol. The maximum absolute atomic E-state index is 12.3. The van der Waals surface area contributed by atoms with Crippen LogP contribution < -0.4 is 11.1 Å². The number of nitriles is 1. The Morgan fingerprint density at radius 1 is 1.28 bits per heavy atom. The maximum atomic E-state index is 12.3. The Morgan fingerprint density at radius 2 is 2.00 bits per heavy atom. The van der Waals surface area contributed by atoms with Crippen LogP contribution in [-0.4, -0.2) is 31.3 Å². The summed E-state index contributed by atoms with van der Waals surface area (Å²) in [4.78, 5) is 20.8. The van der Waals surface area contributed by atoms with Crippen molar-refractivity contribution in [2.75, 3.05) is 11.1 Å². The van der Waals surface area contributed by atoms with Gasteiger partial charge >= 0.3 is 5.97 Å². The van der Waals surface area contributed by atoms with Crippen molar-refractivity contribution >= 4 is 17.6 Å². The molecule has 2 heterocycles. The highest BCUT2D eigenvalue weighted by atomic mass is 16.6. The van der Waals surface area contributed by atoms with E-state index >= 15 is 0 Å². The molecule has 0 spiro atoms. The summed E-state index contributed by atoms with van der Waals surface area (Å²) >= 11 is 0. The predicted octanol–water partition coefficient (Wildman–Crippen LogP) is 2.68. The van der Waals surface area contributed by atoms with Crippen molar-refractivity contribution in [2.45, 2.75) is 32.9 Å². The molecule has 0 saturated heterocycles. The van der Waals surface area contributed by atoms with Crippen molar-refractivity contribution in [3.05, 3.63) is 59.4 Å². The smallest absolute Gasteiger partial charge is 0.344 e. The second-order valence-electron chi connectivity index (χ2n) is 7.25. The van der Waals surface area contributed by atoms with Crippen LogP contribution in [0.15, 0.2) is 42.6 Å². The Bertz CT molecular complexity index is 1060. The lowest BCUT2D eigenvalue weighted by Gasteiger charge is -2.19. The average molecular weight is 391 g/mol. The number of rotatable bonds is 5. The largest absolute Gasteiger partial charge is 0.456 e. The van der Waals surface area contributed by atoms with E-state index in [9.17, 15) is 10.1 Å². The zero-order chi connectivity index (χ0) is 21.0. The molecule has 1 aromatic carbocycles. The fourth-order valence-electron chi connectivity index (χ4n) is 2.47. The van der Waals surface area contributed by atoms with Crippen molar-refractivity contribution in [2.24, 2.45) is 0 Å². The number of nitrogens with two attached hydrogens (primary N) is 1. The average Bonchev–Trinajstić information content (AvgIpc) is 3.07. The van der Waals surface area contributed by atoms with Gasteiger partial charge in [0.25, 0.3) is 5.95 Å². The minimum absolute atomic E-state index is 0.0309. The summed E-state index contributed by atoms with van der Waals surface area (Å²) in [5.74, 6) is -0.0560. The van der Waals surface area contributed by atoms with Gasteiger partial charge in [-0.15, -0.1) is 0 Å². The molecular formula is C20H21N7O2. The molecular weight excluding hydrogens is 370 g/mol. The molecule has 148 valence electrons. The van der Waals surface area contributed by atoms with Crippen molar-refractivity contribution in [3.8, 4) is 12.0 Å². The predicted molar refractivity (Wildman–Crippen MR) is 107 cm³/mol. The first-order chi connectivity index (χ1) is 13.8. The second-order valence-corrected chi connectivity index (χ2v) is 7.25. The molecule has 0 unspecified atom stereocenters. The van der Waals surface area contributed by atoms with Gasteiger partial charge in [-0.05, 0) is 26.3 Å². The zero-order valence-corrected chi connectivity index (χ0v) is 16.4. The van der Waals surface area contributed by atoms with E-state index < -0.39 is 11.6 Å². The molecule has 0 aliphatic carbocycles. The normalized spacial score (nSPS) is 11.0. The molecule has 0 atom stereocenters. The minimum Gasteiger partial charge on any atom is -0.456 e. The Kier molecular flexibility index (Phi) is 5.45.